The molecule has 0 amide bonds. The molecule has 0 spiro atoms. The third-order valence-electron chi connectivity index (χ3n) is 1.03. The van der Waals surface area contributed by atoms with Crippen LogP contribution in [-0.4, -0.2) is 17.2 Å². The Balaban J connectivity index is 4.34. The minimum atomic E-state index is -1.45. The van der Waals surface area contributed by atoms with Crippen molar-refractivity contribution >= 4 is 7.12 Å². The van der Waals surface area contributed by atoms with Gasteiger partial charge in [-0.25, -0.2) is 0 Å². The number of hydrogen-bond acceptors (Lipinski definition) is 2. The SMILES string of the molecule is C=CC=CC(=CC=C)B(O)O. The van der Waals surface area contributed by atoms with E-state index in [0.29, 0.717) is 5.47 Å². The summed E-state index contributed by atoms with van der Waals surface area (Å²) in [5.74, 6) is 0. The van der Waals surface area contributed by atoms with Crippen molar-refractivity contribution in [2.75, 3.05) is 0 Å². The summed E-state index contributed by atoms with van der Waals surface area (Å²) in [7, 11) is -1.45. The second-order valence-electron chi connectivity index (χ2n) is 1.87. The molecule has 0 saturated carbocycles. The average Bonchev–Trinajstić information content (AvgIpc) is 1.97. The highest BCUT2D eigenvalue weighted by Crippen LogP contribution is 1.98. The van der Waals surface area contributed by atoms with Gasteiger partial charge < -0.3 is 10.0 Å². The van der Waals surface area contributed by atoms with Gasteiger partial charge in [-0.05, 0) is 5.47 Å². The summed E-state index contributed by atoms with van der Waals surface area (Å²) < 4.78 is 0. The molecule has 0 aromatic rings. The Kier molecular flexibility index (Phi) is 5.16. The molecule has 0 atom stereocenters. The maximum Gasteiger partial charge on any atom is 0.488 e. The van der Waals surface area contributed by atoms with Gasteiger partial charge in [-0.1, -0.05) is 43.5 Å². The van der Waals surface area contributed by atoms with Crippen LogP contribution in [0.15, 0.2) is 49.0 Å². The van der Waals surface area contributed by atoms with Crippen LogP contribution in [-0.2, 0) is 0 Å². The van der Waals surface area contributed by atoms with E-state index in [1.165, 1.54) is 12.2 Å². The molecule has 3 heteroatoms. The normalized spacial score (nSPS) is 11.6. The Morgan fingerprint density at radius 1 is 1.18 bits per heavy atom. The fraction of sp³-hybridized carbons (Fsp3) is 0. The predicted molar refractivity (Wildman–Crippen MR) is 47.8 cm³/mol. The maximum atomic E-state index is 8.72. The Morgan fingerprint density at radius 2 is 1.82 bits per heavy atom. The van der Waals surface area contributed by atoms with Gasteiger partial charge in [0.1, 0.15) is 0 Å². The molecule has 0 aliphatic carbocycles. The number of rotatable bonds is 4. The quantitative estimate of drug-likeness (QED) is 0.460. The second-order valence-corrected chi connectivity index (χ2v) is 1.87. The first kappa shape index (κ1) is 9.94. The van der Waals surface area contributed by atoms with Gasteiger partial charge in [-0.15, -0.1) is 0 Å². The zero-order valence-corrected chi connectivity index (χ0v) is 6.27. The van der Waals surface area contributed by atoms with E-state index in [4.69, 9.17) is 10.0 Å². The van der Waals surface area contributed by atoms with Crippen LogP contribution in [0.3, 0.4) is 0 Å². The van der Waals surface area contributed by atoms with Gasteiger partial charge in [-0.2, -0.15) is 0 Å². The Bertz CT molecular complexity index is 192. The monoisotopic (exact) mass is 150 g/mol. The molecule has 2 N–H and O–H groups in total. The topological polar surface area (TPSA) is 40.5 Å². The van der Waals surface area contributed by atoms with Gasteiger partial charge in [0.05, 0.1) is 0 Å². The van der Waals surface area contributed by atoms with Crippen LogP contribution < -0.4 is 0 Å². The molecule has 0 aliphatic heterocycles. The summed E-state index contributed by atoms with van der Waals surface area (Å²) in [6.07, 6.45) is 7.74. The summed E-state index contributed by atoms with van der Waals surface area (Å²) in [6.45, 7) is 6.88. The molecular formula is C8H11BO2. The molecule has 0 unspecified atom stereocenters. The van der Waals surface area contributed by atoms with Gasteiger partial charge in [0.2, 0.25) is 0 Å². The molecule has 0 aromatic carbocycles. The fourth-order valence-corrected chi connectivity index (χ4v) is 0.543. The van der Waals surface area contributed by atoms with Crippen LogP contribution in [0.2, 0.25) is 0 Å². The van der Waals surface area contributed by atoms with Crippen molar-refractivity contribution < 1.29 is 10.0 Å². The lowest BCUT2D eigenvalue weighted by molar-refractivity contribution is 0.420. The van der Waals surface area contributed by atoms with Crippen molar-refractivity contribution in [3.63, 3.8) is 0 Å². The van der Waals surface area contributed by atoms with E-state index in [-0.39, 0.29) is 0 Å². The van der Waals surface area contributed by atoms with E-state index in [9.17, 15) is 0 Å². The van der Waals surface area contributed by atoms with Gasteiger partial charge >= 0.3 is 7.12 Å². The molecule has 58 valence electrons. The van der Waals surface area contributed by atoms with Gasteiger partial charge in [0.25, 0.3) is 0 Å². The minimum Gasteiger partial charge on any atom is -0.423 e. The molecule has 0 bridgehead atoms. The van der Waals surface area contributed by atoms with Crippen LogP contribution >= 0.6 is 0 Å². The summed E-state index contributed by atoms with van der Waals surface area (Å²) in [5, 5.41) is 17.4. The second kappa shape index (κ2) is 5.71. The van der Waals surface area contributed by atoms with Crippen LogP contribution in [0.4, 0.5) is 0 Å². The number of hydrogen-bond donors (Lipinski definition) is 2. The van der Waals surface area contributed by atoms with Gasteiger partial charge in [0, 0.05) is 0 Å². The largest absolute Gasteiger partial charge is 0.488 e. The number of allylic oxidation sites excluding steroid dienone is 6. The first-order chi connectivity index (χ1) is 5.22. The summed E-state index contributed by atoms with van der Waals surface area (Å²) in [6, 6.07) is 0. The lowest BCUT2D eigenvalue weighted by Crippen LogP contribution is -2.13. The van der Waals surface area contributed by atoms with Crippen LogP contribution in [0.25, 0.3) is 0 Å². The van der Waals surface area contributed by atoms with E-state index < -0.39 is 7.12 Å². The molecule has 0 heterocycles. The molecule has 0 aromatic heterocycles. The Labute approximate surface area is 67.0 Å². The van der Waals surface area contributed by atoms with Crippen LogP contribution in [0.5, 0.6) is 0 Å². The Morgan fingerprint density at radius 3 is 2.18 bits per heavy atom. The standard InChI is InChI=1S/C8H11BO2/c1-3-5-7-8(6-4-2)9(10)11/h3-7,10-11H,1-2H2. The van der Waals surface area contributed by atoms with E-state index in [1.54, 1.807) is 18.2 Å². The lowest BCUT2D eigenvalue weighted by atomic mass is 9.79. The van der Waals surface area contributed by atoms with Crippen molar-refractivity contribution in [1.29, 1.82) is 0 Å². The van der Waals surface area contributed by atoms with Gasteiger partial charge in [-0.3, -0.25) is 0 Å². The summed E-state index contributed by atoms with van der Waals surface area (Å²) in [4.78, 5) is 0. The third-order valence-corrected chi connectivity index (χ3v) is 1.03. The van der Waals surface area contributed by atoms with E-state index in [2.05, 4.69) is 13.2 Å². The van der Waals surface area contributed by atoms with Crippen molar-refractivity contribution in [2.45, 2.75) is 0 Å². The smallest absolute Gasteiger partial charge is 0.423 e. The van der Waals surface area contributed by atoms with Crippen LogP contribution in [0.1, 0.15) is 0 Å². The highest BCUT2D eigenvalue weighted by Gasteiger charge is 2.09. The molecule has 2 nitrogen and oxygen atoms in total. The van der Waals surface area contributed by atoms with E-state index in [0.717, 1.165) is 0 Å². The first-order valence-electron chi connectivity index (χ1n) is 3.20. The zero-order chi connectivity index (χ0) is 8.69. The summed E-state index contributed by atoms with van der Waals surface area (Å²) in [5.41, 5.74) is 0.389. The first-order valence-corrected chi connectivity index (χ1v) is 3.20. The molecule has 11 heavy (non-hydrogen) atoms. The molecule has 0 rings (SSSR count). The molecule has 0 fully saturated rings. The van der Waals surface area contributed by atoms with E-state index in [1.807, 2.05) is 0 Å². The highest BCUT2D eigenvalue weighted by atomic mass is 16.4. The van der Waals surface area contributed by atoms with E-state index >= 15 is 0 Å². The van der Waals surface area contributed by atoms with Crippen molar-refractivity contribution in [3.05, 3.63) is 49.0 Å². The maximum absolute atomic E-state index is 8.72. The predicted octanol–water partition coefficient (Wildman–Crippen LogP) is 0.853. The van der Waals surface area contributed by atoms with Crippen LogP contribution in [0, 0.1) is 0 Å². The Hall–Kier alpha value is -1.06. The zero-order valence-electron chi connectivity index (χ0n) is 6.27. The van der Waals surface area contributed by atoms with Crippen molar-refractivity contribution in [2.24, 2.45) is 0 Å². The fourth-order valence-electron chi connectivity index (χ4n) is 0.543. The highest BCUT2D eigenvalue weighted by molar-refractivity contribution is 6.51. The minimum absolute atomic E-state index is 0.389. The van der Waals surface area contributed by atoms with Crippen molar-refractivity contribution in [1.82, 2.24) is 0 Å². The third kappa shape index (κ3) is 4.36. The summed E-state index contributed by atoms with van der Waals surface area (Å²) >= 11 is 0. The van der Waals surface area contributed by atoms with Gasteiger partial charge in [0.15, 0.2) is 0 Å². The molecule has 0 aliphatic rings. The van der Waals surface area contributed by atoms with Crippen molar-refractivity contribution in [3.8, 4) is 0 Å². The molecule has 0 radical (unpaired) electrons. The molecular weight excluding hydrogens is 139 g/mol. The average molecular weight is 150 g/mol. The lowest BCUT2D eigenvalue weighted by Gasteiger charge is -1.95. The molecule has 0 saturated heterocycles.